The van der Waals surface area contributed by atoms with Crippen LogP contribution in [-0.2, 0) is 47.6 Å². The summed E-state index contributed by atoms with van der Waals surface area (Å²) in [5.41, 5.74) is 0. The highest BCUT2D eigenvalue weighted by atomic mass is 16.6. The van der Waals surface area contributed by atoms with Crippen LogP contribution in [-0.4, -0.2) is 100 Å². The molecule has 12 nitrogen and oxygen atoms in total. The van der Waals surface area contributed by atoms with Gasteiger partial charge in [0.2, 0.25) is 0 Å². The highest BCUT2D eigenvalue weighted by Crippen LogP contribution is 1.94. The SMILES string of the molecule is O=C(O)CCC(=O)OCCOCCOCCOCCOCCOC(=O)CCC(=O)O. The lowest BCUT2D eigenvalue weighted by Crippen LogP contribution is -2.15. The zero-order valence-electron chi connectivity index (χ0n) is 16.9. The van der Waals surface area contributed by atoms with Crippen molar-refractivity contribution in [3.63, 3.8) is 0 Å². The van der Waals surface area contributed by atoms with Crippen molar-refractivity contribution in [3.8, 4) is 0 Å². The van der Waals surface area contributed by atoms with Gasteiger partial charge in [-0.05, 0) is 0 Å². The Morgan fingerprint density at radius 3 is 0.967 bits per heavy atom. The molecule has 0 amide bonds. The van der Waals surface area contributed by atoms with Gasteiger partial charge in [-0.2, -0.15) is 0 Å². The number of ether oxygens (including phenoxy) is 6. The van der Waals surface area contributed by atoms with Crippen molar-refractivity contribution in [2.45, 2.75) is 25.7 Å². The fourth-order valence-electron chi connectivity index (χ4n) is 1.75. The molecule has 0 aromatic carbocycles. The van der Waals surface area contributed by atoms with Crippen LogP contribution in [0, 0.1) is 0 Å². The molecule has 0 saturated heterocycles. The van der Waals surface area contributed by atoms with E-state index in [9.17, 15) is 19.2 Å². The van der Waals surface area contributed by atoms with Crippen LogP contribution in [0.5, 0.6) is 0 Å². The molecule has 0 rings (SSSR count). The van der Waals surface area contributed by atoms with Crippen molar-refractivity contribution in [1.29, 1.82) is 0 Å². The quantitative estimate of drug-likeness (QED) is 0.180. The van der Waals surface area contributed by atoms with Crippen molar-refractivity contribution in [3.05, 3.63) is 0 Å². The fourth-order valence-corrected chi connectivity index (χ4v) is 1.75. The summed E-state index contributed by atoms with van der Waals surface area (Å²) in [6.07, 6.45) is -0.836. The lowest BCUT2D eigenvalue weighted by molar-refractivity contribution is -0.149. The van der Waals surface area contributed by atoms with Crippen LogP contribution in [0.15, 0.2) is 0 Å². The molecule has 0 atom stereocenters. The highest BCUT2D eigenvalue weighted by Gasteiger charge is 2.06. The maximum absolute atomic E-state index is 11.1. The standard InChI is InChI=1S/C18H30O12/c19-15(20)1-3-17(23)29-13-11-27-9-7-25-5-6-26-8-10-28-12-14-30-18(24)4-2-16(21)22/h1-14H2,(H,19,20)(H,21,22). The van der Waals surface area contributed by atoms with Gasteiger partial charge in [0.15, 0.2) is 0 Å². The number of rotatable bonds is 21. The van der Waals surface area contributed by atoms with Gasteiger partial charge in [0.05, 0.1) is 78.5 Å². The molecule has 0 aliphatic heterocycles. The average Bonchev–Trinajstić information content (AvgIpc) is 2.70. The lowest BCUT2D eigenvalue weighted by atomic mass is 10.3. The summed E-state index contributed by atoms with van der Waals surface area (Å²) in [4.78, 5) is 42.8. The molecule has 0 aliphatic carbocycles. The Balaban J connectivity index is 3.19. The first-order valence-electron chi connectivity index (χ1n) is 9.47. The molecule has 0 bridgehead atoms. The summed E-state index contributed by atoms with van der Waals surface area (Å²) in [6.45, 7) is 2.59. The van der Waals surface area contributed by atoms with E-state index in [0.29, 0.717) is 39.6 Å². The Morgan fingerprint density at radius 2 is 0.700 bits per heavy atom. The van der Waals surface area contributed by atoms with Crippen molar-refractivity contribution < 1.29 is 57.8 Å². The minimum absolute atomic E-state index is 0.0586. The van der Waals surface area contributed by atoms with Gasteiger partial charge >= 0.3 is 23.9 Å². The van der Waals surface area contributed by atoms with Crippen molar-refractivity contribution in [2.24, 2.45) is 0 Å². The summed E-state index contributed by atoms with van der Waals surface area (Å²) < 4.78 is 30.5. The first-order valence-corrected chi connectivity index (χ1v) is 9.47. The molecule has 0 fully saturated rings. The Bertz CT molecular complexity index is 450. The third kappa shape index (κ3) is 22.0. The monoisotopic (exact) mass is 438 g/mol. The number of carbonyl (C=O) groups is 4. The topological polar surface area (TPSA) is 164 Å². The molecule has 12 heteroatoms. The van der Waals surface area contributed by atoms with E-state index < -0.39 is 23.9 Å². The van der Waals surface area contributed by atoms with E-state index in [2.05, 4.69) is 0 Å². The summed E-state index contributed by atoms with van der Waals surface area (Å²) in [5.74, 6) is -3.25. The van der Waals surface area contributed by atoms with E-state index in [1.165, 1.54) is 0 Å². The van der Waals surface area contributed by atoms with Crippen LogP contribution in [0.25, 0.3) is 0 Å². The smallest absolute Gasteiger partial charge is 0.306 e. The average molecular weight is 438 g/mol. The molecule has 0 saturated carbocycles. The van der Waals surface area contributed by atoms with Crippen molar-refractivity contribution in [1.82, 2.24) is 0 Å². The van der Waals surface area contributed by atoms with Crippen LogP contribution >= 0.6 is 0 Å². The highest BCUT2D eigenvalue weighted by molar-refractivity contribution is 5.77. The van der Waals surface area contributed by atoms with E-state index in [0.717, 1.165) is 0 Å². The predicted octanol–water partition coefficient (Wildman–Crippen LogP) is -0.131. The molecule has 0 aromatic rings. The number of carboxylic acid groups (broad SMARTS) is 2. The second-order valence-corrected chi connectivity index (χ2v) is 5.68. The van der Waals surface area contributed by atoms with Gasteiger partial charge in [0.25, 0.3) is 0 Å². The van der Waals surface area contributed by atoms with Gasteiger partial charge in [-0.15, -0.1) is 0 Å². The van der Waals surface area contributed by atoms with Gasteiger partial charge in [0.1, 0.15) is 13.2 Å². The molecule has 0 spiro atoms. The molecule has 0 unspecified atom stereocenters. The van der Waals surface area contributed by atoms with Crippen molar-refractivity contribution >= 4 is 23.9 Å². The minimum atomic E-state index is -1.05. The van der Waals surface area contributed by atoms with E-state index >= 15 is 0 Å². The predicted molar refractivity (Wildman–Crippen MR) is 98.9 cm³/mol. The molecule has 174 valence electrons. The zero-order valence-corrected chi connectivity index (χ0v) is 16.9. The minimum Gasteiger partial charge on any atom is -0.481 e. The van der Waals surface area contributed by atoms with Gasteiger partial charge in [-0.3, -0.25) is 19.2 Å². The van der Waals surface area contributed by atoms with Crippen LogP contribution in [0.3, 0.4) is 0 Å². The summed E-state index contributed by atoms with van der Waals surface area (Å²) in [6, 6.07) is 0. The van der Waals surface area contributed by atoms with E-state index in [-0.39, 0.29) is 52.1 Å². The van der Waals surface area contributed by atoms with Crippen LogP contribution in [0.4, 0.5) is 0 Å². The number of carboxylic acids is 2. The van der Waals surface area contributed by atoms with Gasteiger partial charge in [-0.25, -0.2) is 0 Å². The molecule has 0 heterocycles. The lowest BCUT2D eigenvalue weighted by Gasteiger charge is -2.08. The van der Waals surface area contributed by atoms with Crippen molar-refractivity contribution in [2.75, 3.05) is 66.1 Å². The van der Waals surface area contributed by atoms with Gasteiger partial charge in [0, 0.05) is 0 Å². The van der Waals surface area contributed by atoms with E-state index in [1.807, 2.05) is 0 Å². The molecule has 30 heavy (non-hydrogen) atoms. The maximum atomic E-state index is 11.1. The number of hydrogen-bond donors (Lipinski definition) is 2. The maximum Gasteiger partial charge on any atom is 0.306 e. The van der Waals surface area contributed by atoms with Gasteiger partial charge < -0.3 is 38.6 Å². The Kier molecular flexibility index (Phi) is 18.5. The fraction of sp³-hybridized carbons (Fsp3) is 0.778. The first-order chi connectivity index (χ1) is 14.4. The Labute approximate surface area is 174 Å². The summed E-state index contributed by atoms with van der Waals surface area (Å²) >= 11 is 0. The number of aliphatic carboxylic acids is 2. The van der Waals surface area contributed by atoms with E-state index in [1.54, 1.807) is 0 Å². The Hall–Kier alpha value is -2.28. The molecule has 0 radical (unpaired) electrons. The summed E-state index contributed by atoms with van der Waals surface area (Å²) in [7, 11) is 0. The zero-order chi connectivity index (χ0) is 22.5. The second kappa shape index (κ2) is 20.0. The van der Waals surface area contributed by atoms with Gasteiger partial charge in [-0.1, -0.05) is 0 Å². The normalized spacial score (nSPS) is 10.5. The molecule has 0 aliphatic rings. The van der Waals surface area contributed by atoms with Crippen LogP contribution < -0.4 is 0 Å². The number of hydrogen-bond acceptors (Lipinski definition) is 10. The molecule has 0 aromatic heterocycles. The van der Waals surface area contributed by atoms with Crippen LogP contribution in [0.2, 0.25) is 0 Å². The third-order valence-electron chi connectivity index (χ3n) is 3.18. The molecule has 2 N–H and O–H groups in total. The number of esters is 2. The van der Waals surface area contributed by atoms with Crippen LogP contribution in [0.1, 0.15) is 25.7 Å². The molecular weight excluding hydrogens is 408 g/mol. The Morgan fingerprint density at radius 1 is 0.433 bits per heavy atom. The molecular formula is C18H30O12. The third-order valence-corrected chi connectivity index (χ3v) is 3.18. The largest absolute Gasteiger partial charge is 0.481 e. The number of carbonyl (C=O) groups excluding carboxylic acids is 2. The second-order valence-electron chi connectivity index (χ2n) is 5.68. The first kappa shape index (κ1) is 27.7. The summed E-state index contributed by atoms with van der Waals surface area (Å²) in [5, 5.41) is 16.8. The van der Waals surface area contributed by atoms with E-state index in [4.69, 9.17) is 38.6 Å².